The van der Waals surface area contributed by atoms with E-state index in [1.54, 1.807) is 22.6 Å². The number of hydrogen-bond acceptors (Lipinski definition) is 7. The van der Waals surface area contributed by atoms with Crippen LogP contribution in [0.25, 0.3) is 10.8 Å². The van der Waals surface area contributed by atoms with E-state index in [1.807, 2.05) is 61.5 Å². The third kappa shape index (κ3) is 4.37. The number of fused-ring (bicyclic) bond motifs is 1. The molecule has 0 saturated carbocycles. The highest BCUT2D eigenvalue weighted by molar-refractivity contribution is 7.89. The standard InChI is InChI=1S/C24H24N6O2S/c1-18-9-10-22(25-17-18)26-23-11-12-24(28-27-23)29-13-15-30(16-14-29)33(31,32)21-8-4-6-19-5-2-3-7-20(19)21/h2-12,17H,13-16H2,1H3,(H,25,26,27). The summed E-state index contributed by atoms with van der Waals surface area (Å²) in [5, 5.41) is 13.4. The highest BCUT2D eigenvalue weighted by atomic mass is 32.2. The van der Waals surface area contributed by atoms with Gasteiger partial charge in [0.1, 0.15) is 5.82 Å². The molecule has 9 heteroatoms. The Kier molecular flexibility index (Phi) is 5.65. The predicted molar refractivity (Wildman–Crippen MR) is 129 cm³/mol. The lowest BCUT2D eigenvalue weighted by atomic mass is 10.1. The molecule has 0 atom stereocenters. The molecule has 2 aromatic carbocycles. The molecule has 4 aromatic rings. The number of benzene rings is 2. The first-order valence-corrected chi connectivity index (χ1v) is 12.2. The number of pyridine rings is 1. The summed E-state index contributed by atoms with van der Waals surface area (Å²) in [6.07, 6.45) is 1.79. The van der Waals surface area contributed by atoms with Crippen LogP contribution in [-0.4, -0.2) is 54.1 Å². The Morgan fingerprint density at radius 3 is 2.30 bits per heavy atom. The van der Waals surface area contributed by atoms with Crippen molar-refractivity contribution in [3.05, 3.63) is 78.5 Å². The number of aryl methyl sites for hydroxylation is 1. The molecule has 0 unspecified atom stereocenters. The zero-order valence-electron chi connectivity index (χ0n) is 18.2. The first kappa shape index (κ1) is 21.3. The number of nitrogens with zero attached hydrogens (tertiary/aromatic N) is 5. The normalized spacial score (nSPS) is 15.0. The molecule has 0 spiro atoms. The summed E-state index contributed by atoms with van der Waals surface area (Å²) in [4.78, 5) is 6.72. The minimum Gasteiger partial charge on any atom is -0.352 e. The van der Waals surface area contributed by atoms with Crippen LogP contribution in [-0.2, 0) is 10.0 Å². The van der Waals surface area contributed by atoms with E-state index in [1.165, 1.54) is 0 Å². The van der Waals surface area contributed by atoms with Gasteiger partial charge in [-0.15, -0.1) is 10.2 Å². The van der Waals surface area contributed by atoms with E-state index >= 15 is 0 Å². The Morgan fingerprint density at radius 2 is 1.58 bits per heavy atom. The van der Waals surface area contributed by atoms with Crippen molar-refractivity contribution in [3.63, 3.8) is 0 Å². The predicted octanol–water partition coefficient (Wildman–Crippen LogP) is 3.59. The monoisotopic (exact) mass is 460 g/mol. The molecule has 0 amide bonds. The van der Waals surface area contributed by atoms with E-state index in [0.29, 0.717) is 42.7 Å². The van der Waals surface area contributed by atoms with Gasteiger partial charge >= 0.3 is 0 Å². The number of hydrogen-bond donors (Lipinski definition) is 1. The summed E-state index contributed by atoms with van der Waals surface area (Å²) in [7, 11) is -3.58. The summed E-state index contributed by atoms with van der Waals surface area (Å²) >= 11 is 0. The zero-order valence-corrected chi connectivity index (χ0v) is 19.0. The van der Waals surface area contributed by atoms with Gasteiger partial charge in [0.25, 0.3) is 0 Å². The summed E-state index contributed by atoms with van der Waals surface area (Å²) in [6, 6.07) is 20.6. The average Bonchev–Trinajstić information content (AvgIpc) is 2.85. The molecule has 3 heterocycles. The third-order valence-electron chi connectivity index (χ3n) is 5.75. The van der Waals surface area contributed by atoms with Gasteiger partial charge in [-0.25, -0.2) is 13.4 Å². The Hall–Kier alpha value is -3.56. The number of aromatic nitrogens is 3. The van der Waals surface area contributed by atoms with Crippen LogP contribution in [0.1, 0.15) is 5.56 Å². The topological polar surface area (TPSA) is 91.3 Å². The molecular formula is C24H24N6O2S. The first-order valence-electron chi connectivity index (χ1n) is 10.8. The second-order valence-electron chi connectivity index (χ2n) is 7.99. The number of nitrogens with one attached hydrogen (secondary N) is 1. The lowest BCUT2D eigenvalue weighted by molar-refractivity contribution is 0.384. The molecule has 0 bridgehead atoms. The van der Waals surface area contributed by atoms with Crippen molar-refractivity contribution in [1.29, 1.82) is 0 Å². The van der Waals surface area contributed by atoms with Gasteiger partial charge in [0.15, 0.2) is 11.6 Å². The van der Waals surface area contributed by atoms with Gasteiger partial charge in [-0.2, -0.15) is 4.31 Å². The van der Waals surface area contributed by atoms with Crippen LogP contribution in [0.3, 0.4) is 0 Å². The summed E-state index contributed by atoms with van der Waals surface area (Å²) in [5.41, 5.74) is 1.09. The third-order valence-corrected chi connectivity index (χ3v) is 7.70. The zero-order chi connectivity index (χ0) is 22.8. The Labute approximate surface area is 193 Å². The van der Waals surface area contributed by atoms with E-state index < -0.39 is 10.0 Å². The maximum atomic E-state index is 13.3. The minimum atomic E-state index is -3.58. The molecule has 1 N–H and O–H groups in total. The SMILES string of the molecule is Cc1ccc(Nc2ccc(N3CCN(S(=O)(=O)c4cccc5ccccc45)CC3)nn2)nc1. The highest BCUT2D eigenvalue weighted by Crippen LogP contribution is 2.27. The largest absolute Gasteiger partial charge is 0.352 e. The number of rotatable bonds is 5. The van der Waals surface area contributed by atoms with Crippen LogP contribution < -0.4 is 10.2 Å². The van der Waals surface area contributed by atoms with Crippen LogP contribution >= 0.6 is 0 Å². The molecule has 1 aliphatic rings. The number of sulfonamides is 1. The quantitative estimate of drug-likeness (QED) is 0.487. The molecule has 168 valence electrons. The van der Waals surface area contributed by atoms with Crippen LogP contribution in [0.2, 0.25) is 0 Å². The molecule has 2 aromatic heterocycles. The van der Waals surface area contributed by atoms with E-state index in [-0.39, 0.29) is 0 Å². The van der Waals surface area contributed by atoms with Gasteiger partial charge in [-0.3, -0.25) is 0 Å². The Morgan fingerprint density at radius 1 is 0.818 bits per heavy atom. The smallest absolute Gasteiger partial charge is 0.243 e. The molecule has 5 rings (SSSR count). The van der Waals surface area contributed by atoms with Crippen molar-refractivity contribution in [2.24, 2.45) is 0 Å². The molecule has 1 fully saturated rings. The highest BCUT2D eigenvalue weighted by Gasteiger charge is 2.30. The second-order valence-corrected chi connectivity index (χ2v) is 9.90. The van der Waals surface area contributed by atoms with Gasteiger partial charge in [0.2, 0.25) is 10.0 Å². The Balaban J connectivity index is 1.26. The molecule has 0 aliphatic carbocycles. The van der Waals surface area contributed by atoms with Gasteiger partial charge < -0.3 is 10.2 Å². The molecule has 33 heavy (non-hydrogen) atoms. The Bertz CT molecular complexity index is 1360. The minimum absolute atomic E-state index is 0.356. The fourth-order valence-corrected chi connectivity index (χ4v) is 5.59. The first-order chi connectivity index (χ1) is 16.0. The molecular weight excluding hydrogens is 436 g/mol. The van der Waals surface area contributed by atoms with E-state index in [4.69, 9.17) is 0 Å². The molecule has 1 aliphatic heterocycles. The number of piperazine rings is 1. The molecule has 1 saturated heterocycles. The van der Waals surface area contributed by atoms with Crippen molar-refractivity contribution in [3.8, 4) is 0 Å². The van der Waals surface area contributed by atoms with E-state index in [0.717, 1.165) is 22.2 Å². The number of anilines is 3. The van der Waals surface area contributed by atoms with Crippen LogP contribution in [0.5, 0.6) is 0 Å². The summed E-state index contributed by atoms with van der Waals surface area (Å²) in [6.45, 7) is 3.86. The lowest BCUT2D eigenvalue weighted by Crippen LogP contribution is -2.49. The maximum absolute atomic E-state index is 13.3. The van der Waals surface area contributed by atoms with Gasteiger partial charge in [0, 0.05) is 37.8 Å². The van der Waals surface area contributed by atoms with Gasteiger partial charge in [0.05, 0.1) is 4.90 Å². The van der Waals surface area contributed by atoms with Gasteiger partial charge in [-0.1, -0.05) is 42.5 Å². The molecule has 0 radical (unpaired) electrons. The lowest BCUT2D eigenvalue weighted by Gasteiger charge is -2.34. The van der Waals surface area contributed by atoms with Crippen molar-refractivity contribution < 1.29 is 8.42 Å². The van der Waals surface area contributed by atoms with Crippen LogP contribution in [0.15, 0.2) is 77.8 Å². The van der Waals surface area contributed by atoms with Crippen LogP contribution in [0.4, 0.5) is 17.5 Å². The van der Waals surface area contributed by atoms with E-state index in [9.17, 15) is 8.42 Å². The second kappa shape index (κ2) is 8.76. The summed E-state index contributed by atoms with van der Waals surface area (Å²) in [5.74, 6) is 2.03. The average molecular weight is 461 g/mol. The van der Waals surface area contributed by atoms with Crippen molar-refractivity contribution >= 4 is 38.2 Å². The van der Waals surface area contributed by atoms with Gasteiger partial charge in [-0.05, 0) is 42.1 Å². The fourth-order valence-electron chi connectivity index (χ4n) is 3.95. The summed E-state index contributed by atoms with van der Waals surface area (Å²) < 4.78 is 28.3. The molecule has 8 nitrogen and oxygen atoms in total. The van der Waals surface area contributed by atoms with E-state index in [2.05, 4.69) is 25.4 Å². The van der Waals surface area contributed by atoms with Crippen molar-refractivity contribution in [2.45, 2.75) is 11.8 Å². The van der Waals surface area contributed by atoms with Crippen LogP contribution in [0, 0.1) is 6.92 Å². The maximum Gasteiger partial charge on any atom is 0.243 e. The van der Waals surface area contributed by atoms with Crippen molar-refractivity contribution in [2.75, 3.05) is 36.4 Å². The van der Waals surface area contributed by atoms with Crippen molar-refractivity contribution in [1.82, 2.24) is 19.5 Å². The fraction of sp³-hybridized carbons (Fsp3) is 0.208.